The van der Waals surface area contributed by atoms with Crippen molar-refractivity contribution in [2.24, 2.45) is 5.92 Å². The van der Waals surface area contributed by atoms with Gasteiger partial charge in [0.15, 0.2) is 6.29 Å². The highest BCUT2D eigenvalue weighted by Crippen LogP contribution is 2.27. The molecular formula is C22H22FNO4. The van der Waals surface area contributed by atoms with Crippen LogP contribution >= 0.6 is 0 Å². The first-order valence-electron chi connectivity index (χ1n) is 9.35. The number of benzene rings is 2. The summed E-state index contributed by atoms with van der Waals surface area (Å²) in [6, 6.07) is 12.1. The number of nitriles is 1. The fraction of sp³-hybridized carbons (Fsp3) is 0.364. The van der Waals surface area contributed by atoms with E-state index in [4.69, 9.17) is 19.5 Å². The molecule has 1 saturated heterocycles. The van der Waals surface area contributed by atoms with Crippen molar-refractivity contribution in [3.05, 3.63) is 65.0 Å². The minimum absolute atomic E-state index is 0.0441. The average Bonchev–Trinajstić information content (AvgIpc) is 2.73. The van der Waals surface area contributed by atoms with Crippen molar-refractivity contribution in [1.29, 1.82) is 5.26 Å². The van der Waals surface area contributed by atoms with Gasteiger partial charge in [-0.2, -0.15) is 5.26 Å². The van der Waals surface area contributed by atoms with Gasteiger partial charge in [-0.3, -0.25) is 0 Å². The SMILES string of the molecule is CCCCC1COC(c2ccc(C(=O)Oc3ccc(C#N)c(F)c3)cc2)OC1. The number of rotatable bonds is 6. The van der Waals surface area contributed by atoms with E-state index in [-0.39, 0.29) is 11.3 Å². The highest BCUT2D eigenvalue weighted by molar-refractivity contribution is 5.91. The van der Waals surface area contributed by atoms with Crippen LogP contribution in [0.2, 0.25) is 0 Å². The van der Waals surface area contributed by atoms with Gasteiger partial charge in [0.25, 0.3) is 0 Å². The molecule has 0 saturated carbocycles. The number of carbonyl (C=O) groups excluding carboxylic acids is 1. The van der Waals surface area contributed by atoms with Gasteiger partial charge in [-0.05, 0) is 30.7 Å². The van der Waals surface area contributed by atoms with Gasteiger partial charge < -0.3 is 14.2 Å². The number of halogens is 1. The Bertz CT molecular complexity index is 852. The Balaban J connectivity index is 1.57. The minimum atomic E-state index is -0.730. The predicted octanol–water partition coefficient (Wildman–Crippen LogP) is 4.77. The second-order valence-corrected chi connectivity index (χ2v) is 6.77. The lowest BCUT2D eigenvalue weighted by molar-refractivity contribution is -0.206. The first-order valence-corrected chi connectivity index (χ1v) is 9.35. The minimum Gasteiger partial charge on any atom is -0.423 e. The molecule has 1 aliphatic rings. The molecule has 0 atom stereocenters. The monoisotopic (exact) mass is 383 g/mol. The molecule has 0 aromatic heterocycles. The number of nitrogens with zero attached hydrogens (tertiary/aromatic N) is 1. The number of carbonyl (C=O) groups is 1. The van der Waals surface area contributed by atoms with Crippen LogP contribution in [0.4, 0.5) is 4.39 Å². The Morgan fingerprint density at radius 1 is 1.21 bits per heavy atom. The second-order valence-electron chi connectivity index (χ2n) is 6.77. The van der Waals surface area contributed by atoms with E-state index in [2.05, 4.69) is 6.92 Å². The smallest absolute Gasteiger partial charge is 0.343 e. The molecule has 1 fully saturated rings. The predicted molar refractivity (Wildman–Crippen MR) is 100 cm³/mol. The molecule has 0 aliphatic carbocycles. The molecule has 5 nitrogen and oxygen atoms in total. The molecule has 0 bridgehead atoms. The Hall–Kier alpha value is -2.75. The summed E-state index contributed by atoms with van der Waals surface area (Å²) in [5.74, 6) is -0.867. The molecule has 6 heteroatoms. The van der Waals surface area contributed by atoms with Crippen molar-refractivity contribution >= 4 is 5.97 Å². The molecule has 0 N–H and O–H groups in total. The third-order valence-corrected chi connectivity index (χ3v) is 4.62. The lowest BCUT2D eigenvalue weighted by Gasteiger charge is -2.29. The van der Waals surface area contributed by atoms with Gasteiger partial charge in [-0.15, -0.1) is 0 Å². The lowest BCUT2D eigenvalue weighted by Crippen LogP contribution is -2.27. The Kier molecular flexibility index (Phi) is 6.75. The maximum absolute atomic E-state index is 13.6. The summed E-state index contributed by atoms with van der Waals surface area (Å²) in [5, 5.41) is 8.74. The quantitative estimate of drug-likeness (QED) is 0.531. The third kappa shape index (κ3) is 4.94. The number of ether oxygens (including phenoxy) is 3. The highest BCUT2D eigenvalue weighted by Gasteiger charge is 2.23. The number of esters is 1. The number of unbranched alkanes of at least 4 members (excludes halogenated alkanes) is 1. The molecule has 1 aliphatic heterocycles. The van der Waals surface area contributed by atoms with E-state index in [1.54, 1.807) is 30.3 Å². The fourth-order valence-corrected chi connectivity index (χ4v) is 2.99. The topological polar surface area (TPSA) is 68.5 Å². The van der Waals surface area contributed by atoms with Gasteiger partial charge in [-0.1, -0.05) is 31.9 Å². The third-order valence-electron chi connectivity index (χ3n) is 4.62. The summed E-state index contributed by atoms with van der Waals surface area (Å²) in [7, 11) is 0. The van der Waals surface area contributed by atoms with E-state index in [0.717, 1.165) is 24.5 Å². The van der Waals surface area contributed by atoms with Gasteiger partial charge in [-0.25, -0.2) is 9.18 Å². The molecule has 0 spiro atoms. The molecule has 0 amide bonds. The van der Waals surface area contributed by atoms with E-state index in [1.807, 2.05) is 0 Å². The van der Waals surface area contributed by atoms with Crippen molar-refractivity contribution in [3.8, 4) is 11.8 Å². The van der Waals surface area contributed by atoms with Crippen LogP contribution in [0, 0.1) is 23.1 Å². The molecule has 28 heavy (non-hydrogen) atoms. The van der Waals surface area contributed by atoms with Crippen LogP contribution in [0.5, 0.6) is 5.75 Å². The molecule has 146 valence electrons. The molecule has 3 rings (SSSR count). The molecule has 1 heterocycles. The average molecular weight is 383 g/mol. The van der Waals surface area contributed by atoms with Crippen LogP contribution in [0.1, 0.15) is 54.0 Å². The normalized spacial score (nSPS) is 19.0. The van der Waals surface area contributed by atoms with Crippen LogP contribution < -0.4 is 4.74 Å². The van der Waals surface area contributed by atoms with Crippen molar-refractivity contribution in [3.63, 3.8) is 0 Å². The van der Waals surface area contributed by atoms with Crippen molar-refractivity contribution < 1.29 is 23.4 Å². The number of hydrogen-bond donors (Lipinski definition) is 0. The first-order chi connectivity index (χ1) is 13.6. The van der Waals surface area contributed by atoms with Gasteiger partial charge in [0, 0.05) is 17.5 Å². The fourth-order valence-electron chi connectivity index (χ4n) is 2.99. The second kappa shape index (κ2) is 9.45. The molecule has 0 unspecified atom stereocenters. The van der Waals surface area contributed by atoms with Crippen molar-refractivity contribution in [2.75, 3.05) is 13.2 Å². The van der Waals surface area contributed by atoms with Gasteiger partial charge in [0.2, 0.25) is 0 Å². The van der Waals surface area contributed by atoms with Gasteiger partial charge in [0.1, 0.15) is 17.6 Å². The maximum Gasteiger partial charge on any atom is 0.343 e. The summed E-state index contributed by atoms with van der Waals surface area (Å²) in [5.41, 5.74) is 1.05. The van der Waals surface area contributed by atoms with Crippen LogP contribution in [0.15, 0.2) is 42.5 Å². The van der Waals surface area contributed by atoms with E-state index in [9.17, 15) is 9.18 Å². The zero-order valence-electron chi connectivity index (χ0n) is 15.7. The summed E-state index contributed by atoms with van der Waals surface area (Å²) in [4.78, 5) is 12.2. The molecule has 0 radical (unpaired) electrons. The summed E-state index contributed by atoms with van der Waals surface area (Å²) < 4.78 is 30.4. The van der Waals surface area contributed by atoms with E-state index >= 15 is 0 Å². The first kappa shape index (κ1) is 20.0. The summed E-state index contributed by atoms with van der Waals surface area (Å²) >= 11 is 0. The van der Waals surface area contributed by atoms with Crippen LogP contribution in [0.3, 0.4) is 0 Å². The van der Waals surface area contributed by atoms with Gasteiger partial charge >= 0.3 is 5.97 Å². The highest BCUT2D eigenvalue weighted by atomic mass is 19.1. The lowest BCUT2D eigenvalue weighted by atomic mass is 10.0. The van der Waals surface area contributed by atoms with E-state index in [1.165, 1.54) is 18.6 Å². The summed E-state index contributed by atoms with van der Waals surface area (Å²) in [6.45, 7) is 3.50. The largest absolute Gasteiger partial charge is 0.423 e. The van der Waals surface area contributed by atoms with Crippen LogP contribution in [-0.4, -0.2) is 19.2 Å². The van der Waals surface area contributed by atoms with E-state index in [0.29, 0.717) is 24.7 Å². The zero-order chi connectivity index (χ0) is 19.9. The number of hydrogen-bond acceptors (Lipinski definition) is 5. The Morgan fingerprint density at radius 3 is 2.54 bits per heavy atom. The van der Waals surface area contributed by atoms with Crippen LogP contribution in [0.25, 0.3) is 0 Å². The molecule has 2 aromatic carbocycles. The van der Waals surface area contributed by atoms with E-state index < -0.39 is 18.1 Å². The molecule has 2 aromatic rings. The van der Waals surface area contributed by atoms with Crippen molar-refractivity contribution in [2.45, 2.75) is 32.5 Å². The maximum atomic E-state index is 13.6. The zero-order valence-corrected chi connectivity index (χ0v) is 15.7. The standard InChI is InChI=1S/C22H22FNO4/c1-2-3-4-15-13-26-22(27-14-15)17-7-5-16(6-8-17)21(25)28-19-10-9-18(12-24)20(23)11-19/h5-11,15,22H,2-4,13-14H2,1H3. The van der Waals surface area contributed by atoms with Gasteiger partial charge in [0.05, 0.1) is 24.3 Å². The Morgan fingerprint density at radius 2 is 1.93 bits per heavy atom. The molecular weight excluding hydrogens is 361 g/mol. The van der Waals surface area contributed by atoms with Crippen molar-refractivity contribution in [1.82, 2.24) is 0 Å². The summed E-state index contributed by atoms with van der Waals surface area (Å²) in [6.07, 6.45) is 2.99. The van der Waals surface area contributed by atoms with Crippen LogP contribution in [-0.2, 0) is 9.47 Å². The Labute approximate surface area is 163 Å².